The molecular weight excluding hydrogens is 307 g/mol. The summed E-state index contributed by atoms with van der Waals surface area (Å²) in [5.41, 5.74) is 5.46. The quantitative estimate of drug-likeness (QED) is 0.756. The molecule has 0 bridgehead atoms. The monoisotopic (exact) mass is 325 g/mol. The number of hydrogen-bond donors (Lipinski definition) is 2. The van der Waals surface area contributed by atoms with Crippen molar-refractivity contribution in [1.82, 2.24) is 0 Å². The third-order valence-electron chi connectivity index (χ3n) is 2.77. The highest BCUT2D eigenvalue weighted by Gasteiger charge is 2.62. The van der Waals surface area contributed by atoms with E-state index in [0.717, 1.165) is 0 Å². The van der Waals surface area contributed by atoms with Crippen molar-refractivity contribution < 1.29 is 28.2 Å². The van der Waals surface area contributed by atoms with Crippen molar-refractivity contribution in [2.75, 3.05) is 13.2 Å². The normalized spacial score (nSPS) is 31.3. The van der Waals surface area contributed by atoms with Crippen molar-refractivity contribution in [1.29, 1.82) is 0 Å². The lowest BCUT2D eigenvalue weighted by molar-refractivity contribution is -0.282. The van der Waals surface area contributed by atoms with Gasteiger partial charge in [-0.05, 0) is 5.92 Å². The van der Waals surface area contributed by atoms with Crippen molar-refractivity contribution in [3.05, 3.63) is 0 Å². The number of rotatable bonds is 4. The average molecular weight is 326 g/mol. The van der Waals surface area contributed by atoms with Gasteiger partial charge in [0.05, 0.1) is 6.61 Å². The number of hydrogen-bond acceptors (Lipinski definition) is 5. The van der Waals surface area contributed by atoms with Crippen molar-refractivity contribution >= 4 is 30.8 Å². The summed E-state index contributed by atoms with van der Waals surface area (Å²) in [6.07, 6.45) is -0.472. The number of nitrogens with two attached hydrogens (primary N) is 1. The van der Waals surface area contributed by atoms with Crippen LogP contribution in [-0.2, 0) is 14.3 Å². The number of alkyl halides is 2. The van der Waals surface area contributed by atoms with Crippen LogP contribution in [0.5, 0.6) is 0 Å². The van der Waals surface area contributed by atoms with E-state index in [1.54, 1.807) is 13.8 Å². The fourth-order valence-electron chi connectivity index (χ4n) is 1.43. The molecule has 3 atom stereocenters. The summed E-state index contributed by atoms with van der Waals surface area (Å²) in [7, 11) is 0. The lowest BCUT2D eigenvalue weighted by atomic mass is 10.1. The minimum atomic E-state index is -3.01. The molecule has 0 aromatic rings. The van der Waals surface area contributed by atoms with Crippen molar-refractivity contribution in [3.8, 4) is 0 Å². The first kappa shape index (κ1) is 21.1. The Kier molecular flexibility index (Phi) is 8.37. The van der Waals surface area contributed by atoms with Gasteiger partial charge < -0.3 is 20.3 Å². The van der Waals surface area contributed by atoms with Gasteiger partial charge in [-0.1, -0.05) is 13.8 Å². The average Bonchev–Trinajstić information content (AvgIpc) is 2.54. The minimum Gasteiger partial charge on any atom is -0.421 e. The van der Waals surface area contributed by atoms with Gasteiger partial charge in [0, 0.05) is 6.42 Å². The molecule has 9 heteroatoms. The van der Waals surface area contributed by atoms with E-state index in [1.165, 1.54) is 0 Å². The zero-order valence-electron chi connectivity index (χ0n) is 10.6. The molecule has 0 radical (unpaired) electrons. The summed E-state index contributed by atoms with van der Waals surface area (Å²) in [5.74, 6) is -7.31. The standard InChI is InChI=1S/C10H17F2NO4.2ClH/c1-6(2)7(13)8(15)17-9(11)3-4-16-10(9,12)5-14;;/h6-7,14H,3-5,13H2,1-2H3;2*1H/t7-,9?,10?;;/m0../s1. The highest BCUT2D eigenvalue weighted by Crippen LogP contribution is 2.41. The Morgan fingerprint density at radius 3 is 2.42 bits per heavy atom. The van der Waals surface area contributed by atoms with E-state index >= 15 is 0 Å². The first-order valence-corrected chi connectivity index (χ1v) is 5.37. The van der Waals surface area contributed by atoms with Crippen LogP contribution in [0, 0.1) is 5.92 Å². The number of esters is 1. The highest BCUT2D eigenvalue weighted by atomic mass is 35.5. The Bertz CT molecular complexity index is 311. The summed E-state index contributed by atoms with van der Waals surface area (Å²) in [6, 6.07) is -1.05. The lowest BCUT2D eigenvalue weighted by Crippen LogP contribution is -2.52. The topological polar surface area (TPSA) is 81.8 Å². The van der Waals surface area contributed by atoms with Gasteiger partial charge in [-0.3, -0.25) is 4.79 Å². The lowest BCUT2D eigenvalue weighted by Gasteiger charge is -2.30. The van der Waals surface area contributed by atoms with Crippen LogP contribution in [0.15, 0.2) is 0 Å². The maximum atomic E-state index is 14.1. The second-order valence-corrected chi connectivity index (χ2v) is 4.40. The van der Waals surface area contributed by atoms with Gasteiger partial charge in [0.25, 0.3) is 0 Å². The molecule has 2 unspecified atom stereocenters. The fraction of sp³-hybridized carbons (Fsp3) is 0.900. The Labute approximate surface area is 122 Å². The van der Waals surface area contributed by atoms with Gasteiger partial charge in [0.1, 0.15) is 12.6 Å². The Balaban J connectivity index is 0. The summed E-state index contributed by atoms with van der Waals surface area (Å²) in [5, 5.41) is 8.76. The SMILES string of the molecule is CC(C)[C@H](N)C(=O)OC1(F)CCOC1(F)CO.Cl.Cl. The molecule has 0 spiro atoms. The molecule has 0 saturated carbocycles. The molecule has 1 heterocycles. The molecule has 0 amide bonds. The molecule has 19 heavy (non-hydrogen) atoms. The molecule has 1 aliphatic heterocycles. The van der Waals surface area contributed by atoms with Crippen LogP contribution < -0.4 is 5.73 Å². The zero-order chi connectivity index (χ0) is 13.3. The highest BCUT2D eigenvalue weighted by molar-refractivity contribution is 5.85. The van der Waals surface area contributed by atoms with E-state index in [2.05, 4.69) is 9.47 Å². The first-order valence-electron chi connectivity index (χ1n) is 5.37. The van der Waals surface area contributed by atoms with Crippen LogP contribution in [0.4, 0.5) is 8.78 Å². The maximum absolute atomic E-state index is 14.1. The molecule has 1 saturated heterocycles. The Morgan fingerprint density at radius 1 is 1.47 bits per heavy atom. The Hall–Kier alpha value is -0.210. The van der Waals surface area contributed by atoms with Crippen LogP contribution in [0.2, 0.25) is 0 Å². The number of carbonyl (C=O) groups is 1. The van der Waals surface area contributed by atoms with Crippen molar-refractivity contribution in [2.45, 2.75) is 38.0 Å². The van der Waals surface area contributed by atoms with Crippen LogP contribution >= 0.6 is 24.8 Å². The second-order valence-electron chi connectivity index (χ2n) is 4.40. The second kappa shape index (κ2) is 7.54. The van der Waals surface area contributed by atoms with Gasteiger partial charge in [-0.25, -0.2) is 4.39 Å². The van der Waals surface area contributed by atoms with Gasteiger partial charge in [-0.2, -0.15) is 4.39 Å². The number of carbonyl (C=O) groups excluding carboxylic acids is 1. The van der Waals surface area contributed by atoms with E-state index < -0.39 is 36.7 Å². The molecule has 1 rings (SSSR count). The molecule has 1 fully saturated rings. The van der Waals surface area contributed by atoms with Crippen LogP contribution in [0.1, 0.15) is 20.3 Å². The van der Waals surface area contributed by atoms with Gasteiger partial charge in [0.15, 0.2) is 0 Å². The zero-order valence-corrected chi connectivity index (χ0v) is 12.2. The molecule has 0 aromatic heterocycles. The van der Waals surface area contributed by atoms with Gasteiger partial charge >= 0.3 is 17.7 Å². The minimum absolute atomic E-state index is 0. The molecule has 116 valence electrons. The molecule has 3 N–H and O–H groups in total. The fourth-order valence-corrected chi connectivity index (χ4v) is 1.43. The molecule has 5 nitrogen and oxygen atoms in total. The number of aliphatic hydroxyl groups is 1. The Morgan fingerprint density at radius 2 is 2.00 bits per heavy atom. The predicted octanol–water partition coefficient (Wildman–Crippen LogP) is 1.10. The number of ether oxygens (including phenoxy) is 2. The summed E-state index contributed by atoms with van der Waals surface area (Å²) in [6.45, 7) is 1.79. The van der Waals surface area contributed by atoms with E-state index in [-0.39, 0.29) is 37.3 Å². The first-order chi connectivity index (χ1) is 7.76. The molecular formula is C10H19Cl2F2NO4. The third kappa shape index (κ3) is 4.13. The maximum Gasteiger partial charge on any atom is 0.326 e. The van der Waals surface area contributed by atoms with Crippen LogP contribution in [0.25, 0.3) is 0 Å². The van der Waals surface area contributed by atoms with E-state index in [0.29, 0.717) is 0 Å². The van der Waals surface area contributed by atoms with E-state index in [1.807, 2.05) is 0 Å². The largest absolute Gasteiger partial charge is 0.421 e. The summed E-state index contributed by atoms with van der Waals surface area (Å²) >= 11 is 0. The van der Waals surface area contributed by atoms with Crippen LogP contribution in [0.3, 0.4) is 0 Å². The smallest absolute Gasteiger partial charge is 0.326 e. The summed E-state index contributed by atoms with van der Waals surface area (Å²) < 4.78 is 36.7. The van der Waals surface area contributed by atoms with Gasteiger partial charge in [-0.15, -0.1) is 24.8 Å². The van der Waals surface area contributed by atoms with Gasteiger partial charge in [0.2, 0.25) is 0 Å². The third-order valence-corrected chi connectivity index (χ3v) is 2.77. The van der Waals surface area contributed by atoms with Crippen molar-refractivity contribution in [2.24, 2.45) is 11.7 Å². The molecule has 0 aliphatic carbocycles. The summed E-state index contributed by atoms with van der Waals surface area (Å²) in [4.78, 5) is 11.5. The molecule has 1 aliphatic rings. The van der Waals surface area contributed by atoms with E-state index in [4.69, 9.17) is 10.8 Å². The number of halogens is 4. The van der Waals surface area contributed by atoms with E-state index in [9.17, 15) is 13.6 Å². The van der Waals surface area contributed by atoms with Crippen molar-refractivity contribution in [3.63, 3.8) is 0 Å². The van der Waals surface area contributed by atoms with Crippen LogP contribution in [-0.4, -0.2) is 42.0 Å². The predicted molar refractivity (Wildman–Crippen MR) is 68.7 cm³/mol. The number of aliphatic hydroxyl groups excluding tert-OH is 1. The molecule has 0 aromatic carbocycles.